The van der Waals surface area contributed by atoms with Gasteiger partial charge < -0.3 is 18.7 Å². The van der Waals surface area contributed by atoms with Gasteiger partial charge in [0.1, 0.15) is 5.60 Å². The highest BCUT2D eigenvalue weighted by atomic mass is 31.2. The number of hydrogen-bond acceptors (Lipinski definition) is 5. The van der Waals surface area contributed by atoms with Crippen molar-refractivity contribution in [1.29, 1.82) is 0 Å². The van der Waals surface area contributed by atoms with Crippen molar-refractivity contribution in [2.24, 2.45) is 5.92 Å². The molecule has 0 aromatic carbocycles. The van der Waals surface area contributed by atoms with E-state index in [1.165, 1.54) is 0 Å². The molecule has 1 amide bonds. The molecule has 0 unspecified atom stereocenters. The second-order valence-electron chi connectivity index (χ2n) is 6.54. The summed E-state index contributed by atoms with van der Waals surface area (Å²) < 4.78 is 28.6. The molecule has 0 atom stereocenters. The van der Waals surface area contributed by atoms with E-state index in [0.717, 1.165) is 12.8 Å². The van der Waals surface area contributed by atoms with Gasteiger partial charge in [0.2, 0.25) is 0 Å². The van der Waals surface area contributed by atoms with Crippen molar-refractivity contribution in [2.45, 2.75) is 53.1 Å². The highest BCUT2D eigenvalue weighted by Gasteiger charge is 2.32. The minimum absolute atomic E-state index is 0.252. The molecule has 0 radical (unpaired) electrons. The van der Waals surface area contributed by atoms with Crippen LogP contribution in [0.15, 0.2) is 0 Å². The molecule has 7 heteroatoms. The van der Waals surface area contributed by atoms with E-state index in [4.69, 9.17) is 13.8 Å². The Morgan fingerprint density at radius 2 is 1.64 bits per heavy atom. The molecule has 0 spiro atoms. The van der Waals surface area contributed by atoms with Gasteiger partial charge in [0.15, 0.2) is 0 Å². The number of rotatable bonds is 6. The van der Waals surface area contributed by atoms with Crippen LogP contribution in [0.3, 0.4) is 0 Å². The largest absolute Gasteiger partial charge is 0.444 e. The number of nitrogens with zero attached hydrogens (tertiary/aromatic N) is 1. The molecule has 0 N–H and O–H groups in total. The van der Waals surface area contributed by atoms with Crippen LogP contribution in [0, 0.1) is 5.92 Å². The number of hydrogen-bond donors (Lipinski definition) is 0. The van der Waals surface area contributed by atoms with Crippen LogP contribution in [-0.4, -0.2) is 49.1 Å². The smallest absolute Gasteiger partial charge is 0.410 e. The standard InChI is InChI=1S/C15H30NO5P/c1-6-19-22(18,20-7-2)12-13-8-10-16(11-9-13)14(17)21-15(3,4)5/h13H,6-12H2,1-5H3. The Kier molecular flexibility index (Phi) is 7.36. The summed E-state index contributed by atoms with van der Waals surface area (Å²) in [6.45, 7) is 11.2. The van der Waals surface area contributed by atoms with Crippen molar-refractivity contribution in [1.82, 2.24) is 4.90 Å². The van der Waals surface area contributed by atoms with Crippen LogP contribution in [-0.2, 0) is 18.3 Å². The third kappa shape index (κ3) is 6.67. The number of ether oxygens (including phenoxy) is 1. The Labute approximate surface area is 134 Å². The lowest BCUT2D eigenvalue weighted by atomic mass is 9.99. The third-order valence-corrected chi connectivity index (χ3v) is 5.67. The van der Waals surface area contributed by atoms with E-state index >= 15 is 0 Å². The lowest BCUT2D eigenvalue weighted by molar-refractivity contribution is 0.0189. The van der Waals surface area contributed by atoms with Crippen molar-refractivity contribution in [3.63, 3.8) is 0 Å². The summed E-state index contributed by atoms with van der Waals surface area (Å²) >= 11 is 0. The van der Waals surface area contributed by atoms with Crippen molar-refractivity contribution in [3.8, 4) is 0 Å². The van der Waals surface area contributed by atoms with Crippen molar-refractivity contribution in [2.75, 3.05) is 32.5 Å². The maximum atomic E-state index is 12.5. The molecule has 1 aliphatic rings. The second-order valence-corrected chi connectivity index (χ2v) is 8.64. The van der Waals surface area contributed by atoms with Gasteiger partial charge in [-0.3, -0.25) is 4.57 Å². The number of carbonyl (C=O) groups excluding carboxylic acids is 1. The SMILES string of the molecule is CCOP(=O)(CC1CCN(C(=O)OC(C)(C)C)CC1)OCC. The fourth-order valence-electron chi connectivity index (χ4n) is 2.48. The second kappa shape index (κ2) is 8.32. The van der Waals surface area contributed by atoms with Gasteiger partial charge in [-0.25, -0.2) is 4.79 Å². The van der Waals surface area contributed by atoms with E-state index in [-0.39, 0.29) is 12.0 Å². The molecule has 1 heterocycles. The fraction of sp³-hybridized carbons (Fsp3) is 0.933. The summed E-state index contributed by atoms with van der Waals surface area (Å²) in [5, 5.41) is 0. The van der Waals surface area contributed by atoms with Crippen LogP contribution < -0.4 is 0 Å². The molecule has 0 saturated carbocycles. The zero-order chi connectivity index (χ0) is 16.8. The predicted molar refractivity (Wildman–Crippen MR) is 86.3 cm³/mol. The Morgan fingerprint density at radius 1 is 1.14 bits per heavy atom. The van der Waals surface area contributed by atoms with E-state index in [0.29, 0.717) is 32.5 Å². The van der Waals surface area contributed by atoms with Gasteiger partial charge in [0.05, 0.1) is 19.4 Å². The third-order valence-electron chi connectivity index (χ3n) is 3.40. The van der Waals surface area contributed by atoms with Gasteiger partial charge in [-0.05, 0) is 53.4 Å². The van der Waals surface area contributed by atoms with Crippen LogP contribution in [0.25, 0.3) is 0 Å². The number of piperidine rings is 1. The van der Waals surface area contributed by atoms with Crippen molar-refractivity contribution < 1.29 is 23.1 Å². The summed E-state index contributed by atoms with van der Waals surface area (Å²) in [7, 11) is -3.00. The molecule has 0 aromatic rings. The highest BCUT2D eigenvalue weighted by molar-refractivity contribution is 7.53. The van der Waals surface area contributed by atoms with Gasteiger partial charge >= 0.3 is 13.7 Å². The Bertz CT molecular complexity index is 389. The predicted octanol–water partition coefficient (Wildman–Crippen LogP) is 3.90. The van der Waals surface area contributed by atoms with Crippen molar-refractivity contribution >= 4 is 13.7 Å². The molecule has 1 aliphatic heterocycles. The summed E-state index contributed by atoms with van der Waals surface area (Å²) in [4.78, 5) is 13.7. The van der Waals surface area contributed by atoms with E-state index in [2.05, 4.69) is 0 Å². The van der Waals surface area contributed by atoms with Gasteiger partial charge in [-0.2, -0.15) is 0 Å². The Morgan fingerprint density at radius 3 is 2.05 bits per heavy atom. The molecule has 1 fully saturated rings. The zero-order valence-electron chi connectivity index (χ0n) is 14.5. The molecule has 1 saturated heterocycles. The van der Waals surface area contributed by atoms with Gasteiger partial charge in [-0.15, -0.1) is 0 Å². The van der Waals surface area contributed by atoms with Crippen LogP contribution in [0.5, 0.6) is 0 Å². The number of amides is 1. The molecule has 0 aliphatic carbocycles. The topological polar surface area (TPSA) is 65.1 Å². The maximum absolute atomic E-state index is 12.5. The van der Waals surface area contributed by atoms with E-state index in [1.54, 1.807) is 4.90 Å². The molecule has 0 aromatic heterocycles. The van der Waals surface area contributed by atoms with E-state index < -0.39 is 13.2 Å². The number of likely N-dealkylation sites (tertiary alicyclic amines) is 1. The molecule has 0 bridgehead atoms. The molecule has 22 heavy (non-hydrogen) atoms. The quantitative estimate of drug-likeness (QED) is 0.689. The summed E-state index contributed by atoms with van der Waals surface area (Å²) in [6.07, 6.45) is 1.74. The number of carbonyl (C=O) groups is 1. The first-order chi connectivity index (χ1) is 10.2. The van der Waals surface area contributed by atoms with E-state index in [9.17, 15) is 9.36 Å². The first-order valence-electron chi connectivity index (χ1n) is 8.05. The first-order valence-corrected chi connectivity index (χ1v) is 9.78. The Hall–Kier alpha value is -0.580. The van der Waals surface area contributed by atoms with Gasteiger partial charge in [-0.1, -0.05) is 0 Å². The molecule has 6 nitrogen and oxygen atoms in total. The average molecular weight is 335 g/mol. The van der Waals surface area contributed by atoms with Gasteiger partial charge in [0.25, 0.3) is 0 Å². The Balaban J connectivity index is 2.48. The normalized spacial score (nSPS) is 17.6. The summed E-state index contributed by atoms with van der Waals surface area (Å²) in [6, 6.07) is 0. The minimum atomic E-state index is -3.00. The highest BCUT2D eigenvalue weighted by Crippen LogP contribution is 2.50. The lowest BCUT2D eigenvalue weighted by Crippen LogP contribution is -2.42. The van der Waals surface area contributed by atoms with Gasteiger partial charge in [0, 0.05) is 13.1 Å². The monoisotopic (exact) mass is 335 g/mol. The molecular formula is C15H30NO5P. The summed E-state index contributed by atoms with van der Waals surface area (Å²) in [5.41, 5.74) is -0.479. The van der Waals surface area contributed by atoms with Crippen LogP contribution >= 0.6 is 7.60 Å². The molecular weight excluding hydrogens is 305 g/mol. The molecule has 1 rings (SSSR count). The lowest BCUT2D eigenvalue weighted by Gasteiger charge is -2.34. The zero-order valence-corrected chi connectivity index (χ0v) is 15.4. The fourth-order valence-corrected chi connectivity index (χ4v) is 4.55. The van der Waals surface area contributed by atoms with Crippen molar-refractivity contribution in [3.05, 3.63) is 0 Å². The summed E-state index contributed by atoms with van der Waals surface area (Å²) in [5.74, 6) is 0.252. The maximum Gasteiger partial charge on any atom is 0.410 e. The average Bonchev–Trinajstić information content (AvgIpc) is 2.37. The molecule has 130 valence electrons. The minimum Gasteiger partial charge on any atom is -0.444 e. The first kappa shape index (κ1) is 19.5. The van der Waals surface area contributed by atoms with Crippen LogP contribution in [0.2, 0.25) is 0 Å². The van der Waals surface area contributed by atoms with E-state index in [1.807, 2.05) is 34.6 Å². The van der Waals surface area contributed by atoms with Crippen LogP contribution in [0.1, 0.15) is 47.5 Å². The van der Waals surface area contributed by atoms with Crippen LogP contribution in [0.4, 0.5) is 4.79 Å².